The first-order valence-corrected chi connectivity index (χ1v) is 12.2. The summed E-state index contributed by atoms with van der Waals surface area (Å²) in [5.41, 5.74) is 4.06. The van der Waals surface area contributed by atoms with E-state index in [1.165, 1.54) is 64.4 Å². The van der Waals surface area contributed by atoms with Crippen molar-refractivity contribution in [2.24, 2.45) is 0 Å². The lowest BCUT2D eigenvalue weighted by atomic mass is 10.00. The zero-order chi connectivity index (χ0) is 23.9. The smallest absolute Gasteiger partial charge is 0.305 e. The quantitative estimate of drug-likeness (QED) is 0.176. The molecular weight excluding hydrogens is 412 g/mol. The van der Waals surface area contributed by atoms with Crippen LogP contribution in [0.1, 0.15) is 82.4 Å². The minimum atomic E-state index is -1.05. The Morgan fingerprint density at radius 3 is 1.91 bits per heavy atom. The van der Waals surface area contributed by atoms with Crippen molar-refractivity contribution in [3.05, 3.63) is 76.9 Å². The number of aryl methyl sites for hydroxylation is 1. The molecule has 0 fully saturated rings. The number of carbonyl (C=O) groups excluding carboxylic acids is 2. The summed E-state index contributed by atoms with van der Waals surface area (Å²) in [6.07, 6.45) is 11.6. The van der Waals surface area contributed by atoms with Crippen LogP contribution in [0.15, 0.2) is 60.2 Å². The molecule has 0 unspecified atom stereocenters. The molecule has 0 bridgehead atoms. The third kappa shape index (κ3) is 11.0. The van der Waals surface area contributed by atoms with Crippen molar-refractivity contribution < 1.29 is 19.1 Å². The summed E-state index contributed by atoms with van der Waals surface area (Å²) in [5.74, 6) is -0.990. The molecule has 0 aliphatic carbocycles. The summed E-state index contributed by atoms with van der Waals surface area (Å²) in [5, 5.41) is 0. The van der Waals surface area contributed by atoms with Crippen molar-refractivity contribution in [3.63, 3.8) is 0 Å². The lowest BCUT2D eigenvalue weighted by Crippen LogP contribution is -2.25. The van der Waals surface area contributed by atoms with Crippen LogP contribution in [0.25, 0.3) is 6.08 Å². The second kappa shape index (κ2) is 15.0. The van der Waals surface area contributed by atoms with Crippen LogP contribution >= 0.6 is 0 Å². The van der Waals surface area contributed by atoms with Crippen molar-refractivity contribution in [1.29, 1.82) is 0 Å². The molecule has 0 N–H and O–H groups in total. The normalized spacial score (nSPS) is 11.5. The first-order valence-electron chi connectivity index (χ1n) is 12.2. The maximum atomic E-state index is 11.6. The second-order valence-electron chi connectivity index (χ2n) is 8.55. The number of hydrogen-bond donors (Lipinski definition) is 0. The van der Waals surface area contributed by atoms with E-state index in [0.29, 0.717) is 12.0 Å². The number of benzene rings is 2. The SMILES string of the molecule is CCCCCCCCCc1ccc(/C=C(\Cc2ccccc2)C(OC(C)=O)OC(C)=O)cc1. The molecule has 4 nitrogen and oxygen atoms in total. The summed E-state index contributed by atoms with van der Waals surface area (Å²) in [7, 11) is 0. The van der Waals surface area contributed by atoms with Crippen molar-refractivity contribution in [2.45, 2.75) is 84.8 Å². The van der Waals surface area contributed by atoms with Crippen LogP contribution in [0.4, 0.5) is 0 Å². The molecule has 0 aliphatic rings. The van der Waals surface area contributed by atoms with Crippen LogP contribution in [-0.2, 0) is 31.9 Å². The first-order chi connectivity index (χ1) is 16.0. The highest BCUT2D eigenvalue weighted by molar-refractivity contribution is 5.69. The summed E-state index contributed by atoms with van der Waals surface area (Å²) in [4.78, 5) is 23.3. The number of unbranched alkanes of at least 4 members (excludes halogenated alkanes) is 6. The molecule has 4 heteroatoms. The van der Waals surface area contributed by atoms with Crippen LogP contribution in [0, 0.1) is 0 Å². The lowest BCUT2D eigenvalue weighted by Gasteiger charge is -2.20. The lowest BCUT2D eigenvalue weighted by molar-refractivity contribution is -0.178. The number of carbonyl (C=O) groups is 2. The van der Waals surface area contributed by atoms with Crippen LogP contribution in [0.2, 0.25) is 0 Å². The van der Waals surface area contributed by atoms with E-state index in [9.17, 15) is 9.59 Å². The second-order valence-corrected chi connectivity index (χ2v) is 8.55. The number of esters is 2. The first kappa shape index (κ1) is 26.4. The Labute approximate surface area is 199 Å². The summed E-state index contributed by atoms with van der Waals surface area (Å²) >= 11 is 0. The summed E-state index contributed by atoms with van der Waals surface area (Å²) < 4.78 is 10.7. The van der Waals surface area contributed by atoms with Crippen molar-refractivity contribution in [3.8, 4) is 0 Å². The number of hydrogen-bond acceptors (Lipinski definition) is 4. The van der Waals surface area contributed by atoms with E-state index < -0.39 is 18.2 Å². The van der Waals surface area contributed by atoms with Gasteiger partial charge in [0.25, 0.3) is 6.29 Å². The Morgan fingerprint density at radius 2 is 1.33 bits per heavy atom. The zero-order valence-electron chi connectivity index (χ0n) is 20.3. The monoisotopic (exact) mass is 450 g/mol. The highest BCUT2D eigenvalue weighted by Crippen LogP contribution is 2.21. The van der Waals surface area contributed by atoms with Crippen molar-refractivity contribution in [1.82, 2.24) is 0 Å². The Balaban J connectivity index is 2.08. The molecule has 2 rings (SSSR count). The van der Waals surface area contributed by atoms with E-state index in [-0.39, 0.29) is 0 Å². The van der Waals surface area contributed by atoms with Gasteiger partial charge in [-0.05, 0) is 35.6 Å². The Bertz CT molecular complexity index is 852. The Morgan fingerprint density at radius 1 is 0.758 bits per heavy atom. The standard InChI is InChI=1S/C29H38O4/c1-4-5-6-7-8-9-11-14-25-17-19-27(20-18-25)22-28(21-26-15-12-10-13-16-26)29(32-23(2)30)33-24(3)31/h10,12-13,15-20,22,29H,4-9,11,14,21H2,1-3H3/b28-22+. The van der Waals surface area contributed by atoms with E-state index in [2.05, 4.69) is 31.2 Å². The fraction of sp³-hybridized carbons (Fsp3) is 0.448. The molecule has 2 aromatic carbocycles. The molecule has 0 aromatic heterocycles. The fourth-order valence-corrected chi connectivity index (χ4v) is 3.79. The van der Waals surface area contributed by atoms with Gasteiger partial charge in [-0.25, -0.2) is 0 Å². The van der Waals surface area contributed by atoms with Gasteiger partial charge in [0.2, 0.25) is 0 Å². The molecular formula is C29H38O4. The minimum Gasteiger partial charge on any atom is -0.421 e. The molecule has 0 heterocycles. The van der Waals surface area contributed by atoms with Crippen LogP contribution < -0.4 is 0 Å². The third-order valence-electron chi connectivity index (χ3n) is 5.50. The predicted molar refractivity (Wildman–Crippen MR) is 134 cm³/mol. The number of ether oxygens (including phenoxy) is 2. The molecule has 0 radical (unpaired) electrons. The van der Waals surface area contributed by atoms with Gasteiger partial charge >= 0.3 is 11.9 Å². The molecule has 2 aromatic rings. The van der Waals surface area contributed by atoms with E-state index in [1.807, 2.05) is 36.4 Å². The third-order valence-corrected chi connectivity index (χ3v) is 5.50. The largest absolute Gasteiger partial charge is 0.421 e. The van der Waals surface area contributed by atoms with Gasteiger partial charge in [-0.3, -0.25) is 9.59 Å². The Hall–Kier alpha value is -2.88. The zero-order valence-corrected chi connectivity index (χ0v) is 20.3. The van der Waals surface area contributed by atoms with Crippen molar-refractivity contribution in [2.75, 3.05) is 0 Å². The van der Waals surface area contributed by atoms with Gasteiger partial charge in [0.15, 0.2) is 0 Å². The summed E-state index contributed by atoms with van der Waals surface area (Å²) in [6, 6.07) is 18.3. The molecule has 0 atom stereocenters. The fourth-order valence-electron chi connectivity index (χ4n) is 3.79. The van der Waals surface area contributed by atoms with E-state index in [1.54, 1.807) is 0 Å². The van der Waals surface area contributed by atoms with Crippen molar-refractivity contribution >= 4 is 18.0 Å². The topological polar surface area (TPSA) is 52.6 Å². The van der Waals surface area contributed by atoms with E-state index >= 15 is 0 Å². The molecule has 0 spiro atoms. The van der Waals surface area contributed by atoms with Gasteiger partial charge < -0.3 is 9.47 Å². The van der Waals surface area contributed by atoms with Gasteiger partial charge in [-0.1, -0.05) is 100 Å². The van der Waals surface area contributed by atoms with Gasteiger partial charge in [0.1, 0.15) is 0 Å². The van der Waals surface area contributed by atoms with Gasteiger partial charge in [0, 0.05) is 25.8 Å². The minimum absolute atomic E-state index is 0.495. The molecule has 178 valence electrons. The van der Waals surface area contributed by atoms with Crippen LogP contribution in [-0.4, -0.2) is 18.2 Å². The maximum Gasteiger partial charge on any atom is 0.305 e. The van der Waals surface area contributed by atoms with Gasteiger partial charge in [0.05, 0.1) is 0 Å². The highest BCUT2D eigenvalue weighted by atomic mass is 16.7. The molecule has 0 amide bonds. The average Bonchev–Trinajstić information content (AvgIpc) is 2.79. The van der Waals surface area contributed by atoms with Crippen LogP contribution in [0.3, 0.4) is 0 Å². The van der Waals surface area contributed by atoms with E-state index in [4.69, 9.17) is 9.47 Å². The van der Waals surface area contributed by atoms with Crippen LogP contribution in [0.5, 0.6) is 0 Å². The molecule has 0 aliphatic heterocycles. The molecule has 0 saturated heterocycles. The maximum absolute atomic E-state index is 11.6. The Kier molecular flexibility index (Phi) is 12.0. The highest BCUT2D eigenvalue weighted by Gasteiger charge is 2.21. The molecule has 0 saturated carbocycles. The summed E-state index contributed by atoms with van der Waals surface area (Å²) in [6.45, 7) is 4.88. The van der Waals surface area contributed by atoms with Gasteiger partial charge in [-0.15, -0.1) is 0 Å². The van der Waals surface area contributed by atoms with E-state index in [0.717, 1.165) is 17.5 Å². The average molecular weight is 451 g/mol. The number of rotatable bonds is 14. The molecule has 33 heavy (non-hydrogen) atoms. The predicted octanol–water partition coefficient (Wildman–Crippen LogP) is 7.06. The van der Waals surface area contributed by atoms with Gasteiger partial charge in [-0.2, -0.15) is 0 Å².